The van der Waals surface area contributed by atoms with E-state index >= 15 is 0 Å². The summed E-state index contributed by atoms with van der Waals surface area (Å²) in [4.78, 5) is 13.3. The van der Waals surface area contributed by atoms with E-state index in [0.717, 1.165) is 0 Å². The van der Waals surface area contributed by atoms with Gasteiger partial charge in [0.2, 0.25) is 0 Å². The lowest BCUT2D eigenvalue weighted by Gasteiger charge is -2.29. The number of nitrogens with zero attached hydrogens (tertiary/aromatic N) is 1. The molecule has 1 aliphatic rings. The van der Waals surface area contributed by atoms with Gasteiger partial charge in [0.05, 0.1) is 19.8 Å². The van der Waals surface area contributed by atoms with Crippen LogP contribution in [0.25, 0.3) is 0 Å². The number of aliphatic hydroxyl groups is 1. The second-order valence-corrected chi connectivity index (χ2v) is 5.45. The molecule has 5 heteroatoms. The summed E-state index contributed by atoms with van der Waals surface area (Å²) in [6, 6.07) is 0. The Kier molecular flexibility index (Phi) is 3.80. The zero-order valence-electron chi connectivity index (χ0n) is 10.4. The molecule has 94 valence electrons. The summed E-state index contributed by atoms with van der Waals surface area (Å²) < 4.78 is 10.5. The van der Waals surface area contributed by atoms with Gasteiger partial charge >= 0.3 is 6.09 Å². The Morgan fingerprint density at radius 2 is 2.12 bits per heavy atom. The predicted molar refractivity (Wildman–Crippen MR) is 59.2 cm³/mol. The molecule has 1 N–H and O–H groups in total. The van der Waals surface area contributed by atoms with E-state index in [1.54, 1.807) is 6.92 Å². The maximum atomic E-state index is 11.8. The first-order valence-corrected chi connectivity index (χ1v) is 5.48. The fourth-order valence-corrected chi connectivity index (χ4v) is 1.48. The van der Waals surface area contributed by atoms with Crippen LogP contribution in [0.15, 0.2) is 0 Å². The standard InChI is InChI=1S/C11H21NO4/c1-10(2,3)16-9(13)12-5-6-15-8-11(4,14)7-12/h14H,5-8H2,1-4H3. The minimum absolute atomic E-state index is 0.238. The Balaban J connectivity index is 2.61. The molecule has 1 fully saturated rings. The minimum Gasteiger partial charge on any atom is -0.444 e. The molecule has 1 aliphatic heterocycles. The number of ether oxygens (including phenoxy) is 2. The zero-order chi connectivity index (χ0) is 12.4. The first-order chi connectivity index (χ1) is 7.20. The van der Waals surface area contributed by atoms with Gasteiger partial charge in [-0.05, 0) is 27.7 Å². The van der Waals surface area contributed by atoms with Crippen molar-refractivity contribution in [1.82, 2.24) is 4.90 Å². The summed E-state index contributed by atoms with van der Waals surface area (Å²) >= 11 is 0. The Morgan fingerprint density at radius 3 is 2.69 bits per heavy atom. The van der Waals surface area contributed by atoms with Gasteiger partial charge < -0.3 is 19.5 Å². The molecular formula is C11H21NO4. The molecule has 0 radical (unpaired) electrons. The van der Waals surface area contributed by atoms with E-state index in [4.69, 9.17) is 9.47 Å². The molecule has 0 aromatic rings. The number of carbonyl (C=O) groups excluding carboxylic acids is 1. The highest BCUT2D eigenvalue weighted by atomic mass is 16.6. The molecule has 1 amide bonds. The van der Waals surface area contributed by atoms with Crippen LogP contribution in [0.4, 0.5) is 4.79 Å². The fourth-order valence-electron chi connectivity index (χ4n) is 1.48. The molecule has 0 aromatic heterocycles. The average Bonchev–Trinajstić information content (AvgIpc) is 2.23. The van der Waals surface area contributed by atoms with E-state index in [1.807, 2.05) is 20.8 Å². The second kappa shape index (κ2) is 4.59. The van der Waals surface area contributed by atoms with E-state index < -0.39 is 17.3 Å². The third-order valence-corrected chi connectivity index (χ3v) is 2.10. The largest absolute Gasteiger partial charge is 0.444 e. The van der Waals surface area contributed by atoms with Gasteiger partial charge in [-0.3, -0.25) is 0 Å². The quantitative estimate of drug-likeness (QED) is 0.676. The van der Waals surface area contributed by atoms with Crippen molar-refractivity contribution in [2.45, 2.75) is 38.9 Å². The molecule has 0 aliphatic carbocycles. The molecule has 0 saturated carbocycles. The summed E-state index contributed by atoms with van der Waals surface area (Å²) in [5.74, 6) is 0. The molecular weight excluding hydrogens is 210 g/mol. The second-order valence-electron chi connectivity index (χ2n) is 5.45. The van der Waals surface area contributed by atoms with E-state index in [9.17, 15) is 9.90 Å². The van der Waals surface area contributed by atoms with Crippen LogP contribution in [-0.4, -0.2) is 53.6 Å². The normalized spacial score (nSPS) is 27.4. The Bertz CT molecular complexity index is 257. The third-order valence-electron chi connectivity index (χ3n) is 2.10. The van der Waals surface area contributed by atoms with Crippen molar-refractivity contribution in [3.8, 4) is 0 Å². The van der Waals surface area contributed by atoms with Crippen molar-refractivity contribution in [3.63, 3.8) is 0 Å². The average molecular weight is 231 g/mol. The topological polar surface area (TPSA) is 59.0 Å². The highest BCUT2D eigenvalue weighted by Gasteiger charge is 2.32. The van der Waals surface area contributed by atoms with Gasteiger partial charge in [-0.25, -0.2) is 4.79 Å². The number of β-amino-alcohol motifs (C(OH)–C–C–N with tert-alkyl or cyclic N) is 1. The molecule has 0 bridgehead atoms. The molecule has 5 nitrogen and oxygen atoms in total. The van der Waals surface area contributed by atoms with Crippen LogP contribution in [0, 0.1) is 0 Å². The summed E-state index contributed by atoms with van der Waals surface area (Å²) in [5.41, 5.74) is -1.52. The van der Waals surface area contributed by atoms with Crippen LogP contribution in [-0.2, 0) is 9.47 Å². The van der Waals surface area contributed by atoms with Crippen LogP contribution in [0.5, 0.6) is 0 Å². The van der Waals surface area contributed by atoms with Gasteiger partial charge in [0.25, 0.3) is 0 Å². The minimum atomic E-state index is -1.01. The van der Waals surface area contributed by atoms with E-state index in [0.29, 0.717) is 13.2 Å². The van der Waals surface area contributed by atoms with Gasteiger partial charge in [0.1, 0.15) is 11.2 Å². The first kappa shape index (κ1) is 13.3. The van der Waals surface area contributed by atoms with Crippen molar-refractivity contribution >= 4 is 6.09 Å². The maximum Gasteiger partial charge on any atom is 0.410 e. The van der Waals surface area contributed by atoms with Crippen LogP contribution >= 0.6 is 0 Å². The number of rotatable bonds is 0. The summed E-state index contributed by atoms with van der Waals surface area (Å²) in [7, 11) is 0. The monoisotopic (exact) mass is 231 g/mol. The lowest BCUT2D eigenvalue weighted by atomic mass is 10.1. The van der Waals surface area contributed by atoms with Gasteiger partial charge in [-0.1, -0.05) is 0 Å². The van der Waals surface area contributed by atoms with Crippen LogP contribution in [0.1, 0.15) is 27.7 Å². The lowest BCUT2D eigenvalue weighted by molar-refractivity contribution is -0.0270. The Hall–Kier alpha value is -0.810. The molecule has 1 saturated heterocycles. The SMILES string of the molecule is CC1(O)COCCN(C(=O)OC(C)(C)C)C1. The van der Waals surface area contributed by atoms with Crippen LogP contribution in [0.3, 0.4) is 0 Å². The number of hydrogen-bond donors (Lipinski definition) is 1. The molecule has 1 rings (SSSR count). The van der Waals surface area contributed by atoms with Gasteiger partial charge in [0.15, 0.2) is 0 Å². The van der Waals surface area contributed by atoms with Crippen LogP contribution < -0.4 is 0 Å². The highest BCUT2D eigenvalue weighted by molar-refractivity contribution is 5.68. The first-order valence-electron chi connectivity index (χ1n) is 5.48. The maximum absolute atomic E-state index is 11.8. The predicted octanol–water partition coefficient (Wildman–Crippen LogP) is 1.00. The smallest absolute Gasteiger partial charge is 0.410 e. The van der Waals surface area contributed by atoms with Crippen molar-refractivity contribution in [3.05, 3.63) is 0 Å². The number of amides is 1. The number of hydrogen-bond acceptors (Lipinski definition) is 4. The zero-order valence-corrected chi connectivity index (χ0v) is 10.4. The molecule has 0 aromatic carbocycles. The third kappa shape index (κ3) is 4.37. The van der Waals surface area contributed by atoms with E-state index in [1.165, 1.54) is 4.90 Å². The van der Waals surface area contributed by atoms with E-state index in [2.05, 4.69) is 0 Å². The van der Waals surface area contributed by atoms with Crippen LogP contribution in [0.2, 0.25) is 0 Å². The molecule has 16 heavy (non-hydrogen) atoms. The van der Waals surface area contributed by atoms with Crippen molar-refractivity contribution in [2.24, 2.45) is 0 Å². The summed E-state index contributed by atoms with van der Waals surface area (Å²) in [6.07, 6.45) is -0.404. The highest BCUT2D eigenvalue weighted by Crippen LogP contribution is 2.15. The Morgan fingerprint density at radius 1 is 1.50 bits per heavy atom. The molecule has 1 unspecified atom stereocenters. The molecule has 1 heterocycles. The fraction of sp³-hybridized carbons (Fsp3) is 0.909. The van der Waals surface area contributed by atoms with Gasteiger partial charge in [-0.2, -0.15) is 0 Å². The van der Waals surface area contributed by atoms with Crippen molar-refractivity contribution in [2.75, 3.05) is 26.3 Å². The summed E-state index contributed by atoms with van der Waals surface area (Å²) in [6.45, 7) is 8.45. The van der Waals surface area contributed by atoms with Crippen molar-refractivity contribution in [1.29, 1.82) is 0 Å². The number of carbonyl (C=O) groups is 1. The van der Waals surface area contributed by atoms with Gasteiger partial charge in [0, 0.05) is 6.54 Å². The Labute approximate surface area is 96.3 Å². The molecule has 0 spiro atoms. The molecule has 1 atom stereocenters. The summed E-state index contributed by atoms with van der Waals surface area (Å²) in [5, 5.41) is 9.90. The van der Waals surface area contributed by atoms with E-state index in [-0.39, 0.29) is 13.2 Å². The lowest BCUT2D eigenvalue weighted by Crippen LogP contribution is -2.46. The van der Waals surface area contributed by atoms with Gasteiger partial charge in [-0.15, -0.1) is 0 Å². The van der Waals surface area contributed by atoms with Crippen molar-refractivity contribution < 1.29 is 19.4 Å².